The molecule has 0 spiro atoms. The van der Waals surface area contributed by atoms with Crippen molar-refractivity contribution in [1.82, 2.24) is 29.3 Å². The molecule has 3 aromatic heterocycles. The summed E-state index contributed by atoms with van der Waals surface area (Å²) >= 11 is 0. The van der Waals surface area contributed by atoms with E-state index in [0.29, 0.717) is 5.82 Å². The molecule has 1 N–H and O–H groups in total. The fourth-order valence-electron chi connectivity index (χ4n) is 2.11. The molecule has 0 radical (unpaired) electrons. The van der Waals surface area contributed by atoms with Crippen LogP contribution in [0.5, 0.6) is 0 Å². The third-order valence-corrected chi connectivity index (χ3v) is 3.13. The third-order valence-electron chi connectivity index (χ3n) is 3.13. The van der Waals surface area contributed by atoms with Crippen LogP contribution in [-0.4, -0.2) is 35.8 Å². The molecule has 0 saturated heterocycles. The van der Waals surface area contributed by atoms with Gasteiger partial charge < -0.3 is 9.88 Å². The molecule has 0 amide bonds. The Hall–Kier alpha value is -2.70. The Kier molecular flexibility index (Phi) is 3.39. The van der Waals surface area contributed by atoms with Gasteiger partial charge in [-0.2, -0.15) is 5.10 Å². The summed E-state index contributed by atoms with van der Waals surface area (Å²) in [4.78, 5) is 13.3. The van der Waals surface area contributed by atoms with Gasteiger partial charge in [0.2, 0.25) is 0 Å². The van der Waals surface area contributed by atoms with Crippen LogP contribution >= 0.6 is 0 Å². The summed E-state index contributed by atoms with van der Waals surface area (Å²) in [7, 11) is 3.81. The van der Waals surface area contributed by atoms with Crippen LogP contribution in [0, 0.1) is 0 Å². The summed E-state index contributed by atoms with van der Waals surface area (Å²) in [5.74, 6) is 1.44. The zero-order valence-corrected chi connectivity index (χ0v) is 12.3. The molecule has 0 aliphatic rings. The molecule has 0 unspecified atom stereocenters. The summed E-state index contributed by atoms with van der Waals surface area (Å²) in [6, 6.07) is 1.93. The molecule has 0 aliphatic heterocycles. The van der Waals surface area contributed by atoms with Gasteiger partial charge in [-0.15, -0.1) is 0 Å². The van der Waals surface area contributed by atoms with E-state index in [9.17, 15) is 0 Å². The second-order valence-electron chi connectivity index (χ2n) is 4.78. The molecular formula is C14H17N7. The first-order valence-corrected chi connectivity index (χ1v) is 6.76. The normalized spacial score (nSPS) is 10.8. The van der Waals surface area contributed by atoms with E-state index >= 15 is 0 Å². The summed E-state index contributed by atoms with van der Waals surface area (Å²) in [5.41, 5.74) is 2.67. The predicted molar refractivity (Wildman–Crippen MR) is 80.6 cm³/mol. The number of anilines is 1. The van der Waals surface area contributed by atoms with Crippen molar-refractivity contribution in [3.05, 3.63) is 31.0 Å². The number of rotatable bonds is 4. The molecule has 108 valence electrons. The molecule has 0 atom stereocenters. The van der Waals surface area contributed by atoms with E-state index in [1.54, 1.807) is 23.4 Å². The zero-order valence-electron chi connectivity index (χ0n) is 12.3. The topological polar surface area (TPSA) is 73.5 Å². The number of hydrogen-bond donors (Lipinski definition) is 1. The first-order chi connectivity index (χ1) is 10.2. The lowest BCUT2D eigenvalue weighted by Crippen LogP contribution is -2.04. The maximum atomic E-state index is 4.64. The van der Waals surface area contributed by atoms with E-state index in [4.69, 9.17) is 0 Å². The van der Waals surface area contributed by atoms with Gasteiger partial charge in [0.15, 0.2) is 5.82 Å². The van der Waals surface area contributed by atoms with Crippen LogP contribution in [-0.2, 0) is 14.1 Å². The average Bonchev–Trinajstić information content (AvgIpc) is 3.07. The number of nitrogens with one attached hydrogen (secondary N) is 1. The number of aryl methyl sites for hydroxylation is 2. The monoisotopic (exact) mass is 283 g/mol. The molecule has 0 aromatic carbocycles. The number of aromatic nitrogens is 6. The Morgan fingerprint density at radius 1 is 1.19 bits per heavy atom. The van der Waals surface area contributed by atoms with Gasteiger partial charge in [-0.1, -0.05) is 0 Å². The smallest absolute Gasteiger partial charge is 0.180 e. The van der Waals surface area contributed by atoms with E-state index in [1.165, 1.54) is 0 Å². The number of hydrogen-bond acceptors (Lipinski definition) is 5. The van der Waals surface area contributed by atoms with E-state index in [-0.39, 0.29) is 0 Å². The molecule has 21 heavy (non-hydrogen) atoms. The van der Waals surface area contributed by atoms with Crippen molar-refractivity contribution < 1.29 is 0 Å². The Bertz CT molecular complexity index is 756. The summed E-state index contributed by atoms with van der Waals surface area (Å²) < 4.78 is 3.66. The first kappa shape index (κ1) is 13.3. The van der Waals surface area contributed by atoms with E-state index in [1.807, 2.05) is 37.8 Å². The van der Waals surface area contributed by atoms with Gasteiger partial charge in [0.05, 0.1) is 24.4 Å². The van der Waals surface area contributed by atoms with Crippen molar-refractivity contribution >= 4 is 5.82 Å². The Balaban J connectivity index is 2.12. The van der Waals surface area contributed by atoms with Crippen molar-refractivity contribution in [3.63, 3.8) is 0 Å². The van der Waals surface area contributed by atoms with Crippen LogP contribution < -0.4 is 5.32 Å². The minimum atomic E-state index is 0.646. The molecule has 3 aromatic rings. The van der Waals surface area contributed by atoms with Crippen LogP contribution in [0.1, 0.15) is 6.92 Å². The second-order valence-corrected chi connectivity index (χ2v) is 4.78. The van der Waals surface area contributed by atoms with Crippen molar-refractivity contribution in [2.75, 3.05) is 11.9 Å². The summed E-state index contributed by atoms with van der Waals surface area (Å²) in [5, 5.41) is 7.44. The van der Waals surface area contributed by atoms with Crippen LogP contribution in [0.15, 0.2) is 31.0 Å². The van der Waals surface area contributed by atoms with Crippen LogP contribution in [0.2, 0.25) is 0 Å². The molecule has 0 saturated carbocycles. The van der Waals surface area contributed by atoms with E-state index in [0.717, 1.165) is 29.3 Å². The van der Waals surface area contributed by atoms with Crippen molar-refractivity contribution in [3.8, 4) is 22.8 Å². The largest absolute Gasteiger partial charge is 0.370 e. The van der Waals surface area contributed by atoms with Gasteiger partial charge in [0.25, 0.3) is 0 Å². The van der Waals surface area contributed by atoms with Crippen LogP contribution in [0.4, 0.5) is 5.82 Å². The fraction of sp³-hybridized carbons (Fsp3) is 0.286. The molecule has 7 heteroatoms. The minimum absolute atomic E-state index is 0.646. The van der Waals surface area contributed by atoms with E-state index < -0.39 is 0 Å². The maximum absolute atomic E-state index is 4.64. The summed E-state index contributed by atoms with van der Waals surface area (Å²) in [6.45, 7) is 2.84. The molecule has 7 nitrogen and oxygen atoms in total. The quantitative estimate of drug-likeness (QED) is 0.789. The Morgan fingerprint density at radius 3 is 2.67 bits per heavy atom. The number of nitrogens with zero attached hydrogens (tertiary/aromatic N) is 6. The maximum Gasteiger partial charge on any atom is 0.180 e. The highest BCUT2D eigenvalue weighted by molar-refractivity contribution is 5.65. The van der Waals surface area contributed by atoms with E-state index in [2.05, 4.69) is 25.4 Å². The lowest BCUT2D eigenvalue weighted by atomic mass is 10.2. The highest BCUT2D eigenvalue weighted by atomic mass is 15.2. The Morgan fingerprint density at radius 2 is 2.05 bits per heavy atom. The molecular weight excluding hydrogens is 266 g/mol. The van der Waals surface area contributed by atoms with Gasteiger partial charge in [-0.05, 0) is 6.92 Å². The SMILES string of the molecule is CCNc1cc(-c2cnn(C)c2)nc(-c2cncn2C)n1. The third kappa shape index (κ3) is 2.62. The molecule has 0 bridgehead atoms. The zero-order chi connectivity index (χ0) is 14.8. The molecule has 3 heterocycles. The lowest BCUT2D eigenvalue weighted by Gasteiger charge is -2.08. The van der Waals surface area contributed by atoms with Gasteiger partial charge in [0, 0.05) is 38.5 Å². The first-order valence-electron chi connectivity index (χ1n) is 6.76. The van der Waals surface area contributed by atoms with Gasteiger partial charge in [-0.3, -0.25) is 4.68 Å². The van der Waals surface area contributed by atoms with Gasteiger partial charge in [-0.25, -0.2) is 15.0 Å². The highest BCUT2D eigenvalue weighted by Crippen LogP contribution is 2.23. The Labute approximate surface area is 122 Å². The highest BCUT2D eigenvalue weighted by Gasteiger charge is 2.12. The second kappa shape index (κ2) is 5.35. The predicted octanol–water partition coefficient (Wildman–Crippen LogP) is 1.71. The number of imidazole rings is 1. The van der Waals surface area contributed by atoms with Crippen LogP contribution in [0.25, 0.3) is 22.8 Å². The standard InChI is InChI=1S/C14H17N7/c1-4-16-13-5-11(10-6-17-21(3)8-10)18-14(19-13)12-7-15-9-20(12)2/h5-9H,4H2,1-3H3,(H,16,18,19). The lowest BCUT2D eigenvalue weighted by molar-refractivity contribution is 0.768. The summed E-state index contributed by atoms with van der Waals surface area (Å²) in [6.07, 6.45) is 7.23. The molecule has 0 aliphatic carbocycles. The van der Waals surface area contributed by atoms with Crippen molar-refractivity contribution in [1.29, 1.82) is 0 Å². The van der Waals surface area contributed by atoms with Crippen molar-refractivity contribution in [2.45, 2.75) is 6.92 Å². The van der Waals surface area contributed by atoms with Gasteiger partial charge >= 0.3 is 0 Å². The van der Waals surface area contributed by atoms with Crippen molar-refractivity contribution in [2.24, 2.45) is 14.1 Å². The van der Waals surface area contributed by atoms with Crippen LogP contribution in [0.3, 0.4) is 0 Å². The molecule has 3 rings (SSSR count). The average molecular weight is 283 g/mol. The fourth-order valence-corrected chi connectivity index (χ4v) is 2.11. The van der Waals surface area contributed by atoms with Gasteiger partial charge in [0.1, 0.15) is 11.5 Å². The molecule has 0 fully saturated rings. The minimum Gasteiger partial charge on any atom is -0.370 e.